The van der Waals surface area contributed by atoms with Gasteiger partial charge >= 0.3 is 12.1 Å². The minimum atomic E-state index is -0.807. The van der Waals surface area contributed by atoms with E-state index in [9.17, 15) is 9.59 Å². The maximum Gasteiger partial charge on any atom is 0.410 e. The highest BCUT2D eigenvalue weighted by Crippen LogP contribution is 2.42. The number of carboxylic acid groups (broad SMARTS) is 1. The molecule has 2 saturated heterocycles. The van der Waals surface area contributed by atoms with Crippen LogP contribution in [-0.4, -0.2) is 34.2 Å². The number of amides is 1. The van der Waals surface area contributed by atoms with E-state index in [1.807, 2.05) is 30.3 Å². The van der Waals surface area contributed by atoms with Gasteiger partial charge in [0.2, 0.25) is 0 Å². The van der Waals surface area contributed by atoms with Gasteiger partial charge in [0, 0.05) is 12.1 Å². The van der Waals surface area contributed by atoms with Gasteiger partial charge in [-0.15, -0.1) is 0 Å². The van der Waals surface area contributed by atoms with Gasteiger partial charge in [-0.2, -0.15) is 0 Å². The lowest BCUT2D eigenvalue weighted by molar-refractivity contribution is -0.142. The fourth-order valence-corrected chi connectivity index (χ4v) is 3.33. The van der Waals surface area contributed by atoms with Crippen LogP contribution in [0.4, 0.5) is 4.79 Å². The molecule has 2 bridgehead atoms. The SMILES string of the molecule is O=C(O)[C@H]1C[C@@H]2CC[C@H]1N2C(=O)OCc1ccccc1. The summed E-state index contributed by atoms with van der Waals surface area (Å²) in [5, 5.41) is 9.16. The third kappa shape index (κ3) is 2.24. The molecule has 0 aliphatic carbocycles. The summed E-state index contributed by atoms with van der Waals surface area (Å²) in [5.74, 6) is -1.24. The topological polar surface area (TPSA) is 66.8 Å². The monoisotopic (exact) mass is 275 g/mol. The van der Waals surface area contributed by atoms with Crippen LogP contribution in [0.3, 0.4) is 0 Å². The summed E-state index contributed by atoms with van der Waals surface area (Å²) in [6.07, 6.45) is 1.82. The maximum absolute atomic E-state index is 12.2. The second-order valence-corrected chi connectivity index (χ2v) is 5.43. The fraction of sp³-hybridized carbons (Fsp3) is 0.467. The number of hydrogen-bond donors (Lipinski definition) is 1. The number of hydrogen-bond acceptors (Lipinski definition) is 3. The van der Waals surface area contributed by atoms with Crippen molar-refractivity contribution >= 4 is 12.1 Å². The Balaban J connectivity index is 1.62. The number of benzene rings is 1. The minimum absolute atomic E-state index is 0.0318. The average molecular weight is 275 g/mol. The van der Waals surface area contributed by atoms with Gasteiger partial charge in [-0.1, -0.05) is 30.3 Å². The Morgan fingerprint density at radius 3 is 2.65 bits per heavy atom. The lowest BCUT2D eigenvalue weighted by Gasteiger charge is -2.22. The molecule has 3 atom stereocenters. The van der Waals surface area contributed by atoms with Crippen molar-refractivity contribution in [3.63, 3.8) is 0 Å². The van der Waals surface area contributed by atoms with E-state index in [1.165, 1.54) is 0 Å². The van der Waals surface area contributed by atoms with Gasteiger partial charge in [0.25, 0.3) is 0 Å². The van der Waals surface area contributed by atoms with E-state index in [4.69, 9.17) is 9.84 Å². The summed E-state index contributed by atoms with van der Waals surface area (Å²) in [6.45, 7) is 0.230. The molecule has 0 unspecified atom stereocenters. The number of ether oxygens (including phenoxy) is 1. The Hall–Kier alpha value is -2.04. The largest absolute Gasteiger partial charge is 0.481 e. The molecule has 0 radical (unpaired) electrons. The van der Waals surface area contributed by atoms with E-state index in [0.29, 0.717) is 6.42 Å². The highest BCUT2D eigenvalue weighted by Gasteiger charge is 2.52. The summed E-state index contributed by atoms with van der Waals surface area (Å²) in [7, 11) is 0. The van der Waals surface area contributed by atoms with E-state index in [1.54, 1.807) is 4.90 Å². The number of carbonyl (C=O) groups excluding carboxylic acids is 1. The molecule has 2 fully saturated rings. The Bertz CT molecular complexity index is 516. The number of fused-ring (bicyclic) bond motifs is 2. The summed E-state index contributed by atoms with van der Waals surface area (Å²) in [6, 6.07) is 9.32. The minimum Gasteiger partial charge on any atom is -0.481 e. The van der Waals surface area contributed by atoms with Crippen LogP contribution in [0, 0.1) is 5.92 Å². The van der Waals surface area contributed by atoms with Gasteiger partial charge < -0.3 is 14.7 Å². The number of carboxylic acids is 1. The summed E-state index contributed by atoms with van der Waals surface area (Å²) in [5.41, 5.74) is 0.933. The Morgan fingerprint density at radius 2 is 2.00 bits per heavy atom. The Labute approximate surface area is 117 Å². The predicted molar refractivity (Wildman–Crippen MR) is 71.0 cm³/mol. The van der Waals surface area contributed by atoms with E-state index in [0.717, 1.165) is 18.4 Å². The van der Waals surface area contributed by atoms with Crippen molar-refractivity contribution in [3.8, 4) is 0 Å². The van der Waals surface area contributed by atoms with Crippen molar-refractivity contribution in [3.05, 3.63) is 35.9 Å². The molecule has 106 valence electrons. The highest BCUT2D eigenvalue weighted by atomic mass is 16.6. The van der Waals surface area contributed by atoms with Crippen molar-refractivity contribution < 1.29 is 19.4 Å². The van der Waals surface area contributed by atoms with Crippen LogP contribution in [0.5, 0.6) is 0 Å². The third-order valence-electron chi connectivity index (χ3n) is 4.27. The lowest BCUT2D eigenvalue weighted by atomic mass is 9.89. The molecule has 0 saturated carbocycles. The smallest absolute Gasteiger partial charge is 0.410 e. The summed E-state index contributed by atoms with van der Waals surface area (Å²) >= 11 is 0. The average Bonchev–Trinajstić information content (AvgIpc) is 3.03. The van der Waals surface area contributed by atoms with Crippen LogP contribution in [0.2, 0.25) is 0 Å². The van der Waals surface area contributed by atoms with E-state index < -0.39 is 11.9 Å². The molecule has 2 heterocycles. The van der Waals surface area contributed by atoms with Gasteiger partial charge in [0.1, 0.15) is 6.61 Å². The predicted octanol–water partition coefficient (Wildman–Crippen LogP) is 2.26. The van der Waals surface area contributed by atoms with Gasteiger partial charge in [-0.3, -0.25) is 4.79 Å². The van der Waals surface area contributed by atoms with Crippen LogP contribution >= 0.6 is 0 Å². The molecule has 3 rings (SSSR count). The van der Waals surface area contributed by atoms with Crippen LogP contribution in [0.15, 0.2) is 30.3 Å². The van der Waals surface area contributed by atoms with Gasteiger partial charge in [0.15, 0.2) is 0 Å². The molecule has 5 heteroatoms. The highest BCUT2D eigenvalue weighted by molar-refractivity contribution is 5.76. The molecule has 0 spiro atoms. The maximum atomic E-state index is 12.2. The number of nitrogens with zero attached hydrogens (tertiary/aromatic N) is 1. The lowest BCUT2D eigenvalue weighted by Crippen LogP contribution is -2.38. The van der Waals surface area contributed by atoms with Crippen molar-refractivity contribution in [2.24, 2.45) is 5.92 Å². The van der Waals surface area contributed by atoms with Gasteiger partial charge in [-0.25, -0.2) is 4.79 Å². The number of aliphatic carboxylic acids is 1. The van der Waals surface area contributed by atoms with Gasteiger partial charge in [-0.05, 0) is 24.8 Å². The van der Waals surface area contributed by atoms with E-state index in [-0.39, 0.29) is 24.8 Å². The second-order valence-electron chi connectivity index (χ2n) is 5.43. The normalized spacial score (nSPS) is 27.6. The molecule has 0 aromatic heterocycles. The first-order valence-electron chi connectivity index (χ1n) is 6.88. The van der Waals surface area contributed by atoms with Gasteiger partial charge in [0.05, 0.1) is 5.92 Å². The molecule has 1 aromatic rings. The first-order valence-corrected chi connectivity index (χ1v) is 6.88. The first-order chi connectivity index (χ1) is 9.66. The van der Waals surface area contributed by atoms with Crippen molar-refractivity contribution in [2.75, 3.05) is 0 Å². The molecular formula is C15H17NO4. The number of carbonyl (C=O) groups is 2. The van der Waals surface area contributed by atoms with E-state index >= 15 is 0 Å². The fourth-order valence-electron chi connectivity index (χ4n) is 3.33. The van der Waals surface area contributed by atoms with Crippen LogP contribution < -0.4 is 0 Å². The third-order valence-corrected chi connectivity index (χ3v) is 4.27. The molecule has 20 heavy (non-hydrogen) atoms. The summed E-state index contributed by atoms with van der Waals surface area (Å²) in [4.78, 5) is 25.0. The molecular weight excluding hydrogens is 258 g/mol. The Morgan fingerprint density at radius 1 is 1.25 bits per heavy atom. The van der Waals surface area contributed by atoms with E-state index in [2.05, 4.69) is 0 Å². The van der Waals surface area contributed by atoms with Crippen LogP contribution in [0.1, 0.15) is 24.8 Å². The number of rotatable bonds is 3. The zero-order valence-corrected chi connectivity index (χ0v) is 11.1. The summed E-state index contributed by atoms with van der Waals surface area (Å²) < 4.78 is 5.31. The quantitative estimate of drug-likeness (QED) is 0.918. The standard InChI is InChI=1S/C15H17NO4/c17-14(18)12-8-11-6-7-13(12)16(11)15(19)20-9-10-4-2-1-3-5-10/h1-5,11-13H,6-9H2,(H,17,18)/t11-,12-,13+/m0/s1. The molecule has 1 N–H and O–H groups in total. The van der Waals surface area contributed by atoms with Crippen molar-refractivity contribution in [2.45, 2.75) is 38.0 Å². The van der Waals surface area contributed by atoms with Crippen LogP contribution in [-0.2, 0) is 16.1 Å². The molecule has 1 amide bonds. The van der Waals surface area contributed by atoms with Crippen molar-refractivity contribution in [1.82, 2.24) is 4.90 Å². The Kier molecular flexibility index (Phi) is 3.34. The molecule has 5 nitrogen and oxygen atoms in total. The first kappa shape index (κ1) is 13.0. The molecule has 1 aromatic carbocycles. The molecule has 2 aliphatic rings. The second kappa shape index (κ2) is 5.15. The van der Waals surface area contributed by atoms with Crippen molar-refractivity contribution in [1.29, 1.82) is 0 Å². The molecule has 2 aliphatic heterocycles. The zero-order chi connectivity index (χ0) is 14.1. The van der Waals surface area contributed by atoms with Crippen LogP contribution in [0.25, 0.3) is 0 Å². The zero-order valence-electron chi connectivity index (χ0n) is 11.1.